The number of halogens is 2. The molecule has 16 heavy (non-hydrogen) atoms. The average Bonchev–Trinajstić information content (AvgIpc) is 2.64. The Balaban J connectivity index is 2.28. The highest BCUT2D eigenvalue weighted by Crippen LogP contribution is 2.18. The molecule has 0 saturated carbocycles. The van der Waals surface area contributed by atoms with Gasteiger partial charge in [-0.25, -0.2) is 13.8 Å². The molecule has 0 aliphatic carbocycles. The maximum absolute atomic E-state index is 13.0. The summed E-state index contributed by atoms with van der Waals surface area (Å²) in [5, 5.41) is 0. The maximum Gasteiger partial charge on any atom is 0.216 e. The van der Waals surface area contributed by atoms with Crippen LogP contribution in [0.2, 0.25) is 0 Å². The van der Waals surface area contributed by atoms with Crippen molar-refractivity contribution in [1.82, 2.24) is 0 Å². The smallest absolute Gasteiger partial charge is 0.216 e. The summed E-state index contributed by atoms with van der Waals surface area (Å²) >= 11 is 0. The first-order valence-corrected chi connectivity index (χ1v) is 5.23. The van der Waals surface area contributed by atoms with Gasteiger partial charge in [0.25, 0.3) is 0 Å². The highest BCUT2D eigenvalue weighted by atomic mass is 19.1. The molecule has 1 aliphatic heterocycles. The zero-order chi connectivity index (χ0) is 11.7. The first-order chi connectivity index (χ1) is 7.56. The predicted molar refractivity (Wildman–Crippen MR) is 57.5 cm³/mol. The minimum Gasteiger partial charge on any atom is -0.475 e. The summed E-state index contributed by atoms with van der Waals surface area (Å²) in [5.41, 5.74) is 0.362. The van der Waals surface area contributed by atoms with Crippen LogP contribution in [0.4, 0.5) is 8.78 Å². The van der Waals surface area contributed by atoms with Gasteiger partial charge in [0.05, 0.1) is 6.04 Å². The fourth-order valence-corrected chi connectivity index (χ4v) is 1.57. The summed E-state index contributed by atoms with van der Waals surface area (Å²) in [7, 11) is 0. The van der Waals surface area contributed by atoms with Crippen LogP contribution < -0.4 is 0 Å². The van der Waals surface area contributed by atoms with E-state index in [1.807, 2.05) is 13.8 Å². The Morgan fingerprint density at radius 2 is 1.88 bits per heavy atom. The molecule has 0 N–H and O–H groups in total. The van der Waals surface area contributed by atoms with Crippen molar-refractivity contribution in [1.29, 1.82) is 0 Å². The van der Waals surface area contributed by atoms with E-state index in [-0.39, 0.29) is 6.04 Å². The van der Waals surface area contributed by atoms with Crippen molar-refractivity contribution in [3.63, 3.8) is 0 Å². The van der Waals surface area contributed by atoms with Crippen LogP contribution >= 0.6 is 0 Å². The van der Waals surface area contributed by atoms with Crippen molar-refractivity contribution in [3.05, 3.63) is 35.4 Å². The summed E-state index contributed by atoms with van der Waals surface area (Å²) in [6.45, 7) is 4.55. The van der Waals surface area contributed by atoms with Gasteiger partial charge in [-0.05, 0) is 18.1 Å². The van der Waals surface area contributed by atoms with E-state index in [4.69, 9.17) is 4.74 Å². The summed E-state index contributed by atoms with van der Waals surface area (Å²) in [6, 6.07) is 3.36. The van der Waals surface area contributed by atoms with Crippen LogP contribution in [0.1, 0.15) is 19.4 Å². The van der Waals surface area contributed by atoms with Gasteiger partial charge in [0, 0.05) is 11.6 Å². The second-order valence-corrected chi connectivity index (χ2v) is 4.21. The van der Waals surface area contributed by atoms with Crippen molar-refractivity contribution in [3.8, 4) is 0 Å². The Hall–Kier alpha value is -1.45. The van der Waals surface area contributed by atoms with Crippen LogP contribution in [-0.2, 0) is 4.74 Å². The molecule has 0 radical (unpaired) electrons. The Kier molecular flexibility index (Phi) is 2.90. The van der Waals surface area contributed by atoms with Crippen LogP contribution in [0.5, 0.6) is 0 Å². The average molecular weight is 225 g/mol. The highest BCUT2D eigenvalue weighted by molar-refractivity contribution is 5.95. The van der Waals surface area contributed by atoms with E-state index in [2.05, 4.69) is 4.99 Å². The predicted octanol–water partition coefficient (Wildman–Crippen LogP) is 2.77. The molecule has 86 valence electrons. The molecular weight excluding hydrogens is 212 g/mol. The third kappa shape index (κ3) is 2.21. The van der Waals surface area contributed by atoms with E-state index >= 15 is 0 Å². The third-order valence-corrected chi connectivity index (χ3v) is 2.55. The Morgan fingerprint density at radius 1 is 1.25 bits per heavy atom. The number of aliphatic imine (C=N–C) groups is 1. The lowest BCUT2D eigenvalue weighted by atomic mass is 10.1. The van der Waals surface area contributed by atoms with E-state index in [0.29, 0.717) is 24.0 Å². The molecule has 2 rings (SSSR count). The number of hydrogen-bond donors (Lipinski definition) is 0. The molecule has 0 amide bonds. The summed E-state index contributed by atoms with van der Waals surface area (Å²) in [5.74, 6) is -0.545. The van der Waals surface area contributed by atoms with E-state index in [1.54, 1.807) is 0 Å². The number of rotatable bonds is 2. The van der Waals surface area contributed by atoms with Gasteiger partial charge >= 0.3 is 0 Å². The van der Waals surface area contributed by atoms with Crippen molar-refractivity contribution in [2.24, 2.45) is 10.9 Å². The maximum atomic E-state index is 13.0. The normalized spacial score (nSPS) is 19.8. The fourth-order valence-electron chi connectivity index (χ4n) is 1.57. The van der Waals surface area contributed by atoms with E-state index in [9.17, 15) is 8.78 Å². The van der Waals surface area contributed by atoms with Gasteiger partial charge in [0.15, 0.2) is 0 Å². The fraction of sp³-hybridized carbons (Fsp3) is 0.417. The zero-order valence-electron chi connectivity index (χ0n) is 9.21. The van der Waals surface area contributed by atoms with Crippen LogP contribution in [0.3, 0.4) is 0 Å². The molecule has 1 aromatic rings. The Bertz CT molecular complexity index is 409. The SMILES string of the molecule is CC(C)[C@H]1COC(c2cc(F)cc(F)c2)=N1. The Labute approximate surface area is 93.0 Å². The minimum absolute atomic E-state index is 0.0707. The van der Waals surface area contributed by atoms with Gasteiger partial charge in [0.1, 0.15) is 18.2 Å². The lowest BCUT2D eigenvalue weighted by molar-refractivity contribution is 0.291. The molecule has 1 aromatic carbocycles. The molecule has 1 aliphatic rings. The van der Waals surface area contributed by atoms with Gasteiger partial charge in [-0.1, -0.05) is 13.8 Å². The van der Waals surface area contributed by atoms with Gasteiger partial charge in [-0.15, -0.1) is 0 Å². The lowest BCUT2D eigenvalue weighted by Gasteiger charge is -2.06. The molecule has 4 heteroatoms. The van der Waals surface area contributed by atoms with Gasteiger partial charge in [-0.2, -0.15) is 0 Å². The summed E-state index contributed by atoms with van der Waals surface area (Å²) in [4.78, 5) is 4.30. The third-order valence-electron chi connectivity index (χ3n) is 2.55. The molecular formula is C12H13F2NO. The molecule has 0 bridgehead atoms. The van der Waals surface area contributed by atoms with E-state index in [0.717, 1.165) is 6.07 Å². The molecule has 0 spiro atoms. The van der Waals surface area contributed by atoms with Crippen LogP contribution in [0, 0.1) is 17.6 Å². The molecule has 1 heterocycles. The van der Waals surface area contributed by atoms with Gasteiger partial charge in [0.2, 0.25) is 5.90 Å². The molecule has 2 nitrogen and oxygen atoms in total. The van der Waals surface area contributed by atoms with Crippen LogP contribution in [0.25, 0.3) is 0 Å². The second kappa shape index (κ2) is 4.20. The van der Waals surface area contributed by atoms with Gasteiger partial charge in [-0.3, -0.25) is 0 Å². The largest absolute Gasteiger partial charge is 0.475 e. The van der Waals surface area contributed by atoms with Crippen molar-refractivity contribution in [2.75, 3.05) is 6.61 Å². The van der Waals surface area contributed by atoms with E-state index < -0.39 is 11.6 Å². The van der Waals surface area contributed by atoms with Gasteiger partial charge < -0.3 is 4.74 Å². The molecule has 0 aromatic heterocycles. The van der Waals surface area contributed by atoms with E-state index in [1.165, 1.54) is 12.1 Å². The summed E-state index contributed by atoms with van der Waals surface area (Å²) < 4.78 is 31.3. The number of ether oxygens (including phenoxy) is 1. The first-order valence-electron chi connectivity index (χ1n) is 5.23. The minimum atomic E-state index is -0.616. The molecule has 0 saturated heterocycles. The standard InChI is InChI=1S/C12H13F2NO/c1-7(2)11-6-16-12(15-11)8-3-9(13)5-10(14)4-8/h3-5,7,11H,6H2,1-2H3/t11-/m1/s1. The molecule has 1 atom stereocenters. The van der Waals surface area contributed by atoms with Crippen LogP contribution in [0.15, 0.2) is 23.2 Å². The topological polar surface area (TPSA) is 21.6 Å². The second-order valence-electron chi connectivity index (χ2n) is 4.21. The van der Waals surface area contributed by atoms with Crippen molar-refractivity contribution < 1.29 is 13.5 Å². The number of hydrogen-bond acceptors (Lipinski definition) is 2. The summed E-state index contributed by atoms with van der Waals surface area (Å²) in [6.07, 6.45) is 0. The number of nitrogens with zero attached hydrogens (tertiary/aromatic N) is 1. The lowest BCUT2D eigenvalue weighted by Crippen LogP contribution is -2.13. The monoisotopic (exact) mass is 225 g/mol. The molecule has 0 fully saturated rings. The quantitative estimate of drug-likeness (QED) is 0.758. The van der Waals surface area contributed by atoms with Crippen molar-refractivity contribution in [2.45, 2.75) is 19.9 Å². The first kappa shape index (κ1) is 11.0. The van der Waals surface area contributed by atoms with Crippen molar-refractivity contribution >= 4 is 5.90 Å². The molecule has 0 unspecified atom stereocenters. The number of benzene rings is 1. The zero-order valence-corrected chi connectivity index (χ0v) is 9.21. The Morgan fingerprint density at radius 3 is 2.38 bits per heavy atom. The van der Waals surface area contributed by atoms with Crippen LogP contribution in [-0.4, -0.2) is 18.5 Å². The highest BCUT2D eigenvalue weighted by Gasteiger charge is 2.23.